The molecule has 0 spiro atoms. The molecule has 2 heterocycles. The molecule has 3 rings (SSSR count). The number of aryl methyl sites for hydroxylation is 1. The molecule has 1 aliphatic rings. The lowest BCUT2D eigenvalue weighted by molar-refractivity contribution is 0.399. The van der Waals surface area contributed by atoms with Crippen molar-refractivity contribution in [2.75, 3.05) is 0 Å². The summed E-state index contributed by atoms with van der Waals surface area (Å²) in [4.78, 5) is 0. The van der Waals surface area contributed by atoms with Gasteiger partial charge in [-0.15, -0.1) is 10.2 Å². The summed E-state index contributed by atoms with van der Waals surface area (Å²) in [7, 11) is 0. The summed E-state index contributed by atoms with van der Waals surface area (Å²) in [5.74, 6) is 1.96. The first-order chi connectivity index (χ1) is 8.74. The normalized spacial score (nSPS) is 18.7. The number of aromatic nitrogens is 3. The number of fused-ring (bicyclic) bond motifs is 1. The molecular weight excluding hydrogens is 248 g/mol. The zero-order valence-corrected chi connectivity index (χ0v) is 10.8. The van der Waals surface area contributed by atoms with Crippen molar-refractivity contribution in [1.29, 1.82) is 0 Å². The molecule has 1 atom stereocenters. The Hall–Kier alpha value is -1.39. The van der Waals surface area contributed by atoms with E-state index in [4.69, 9.17) is 17.3 Å². The lowest BCUT2D eigenvalue weighted by Gasteiger charge is -2.22. The first-order valence-electron chi connectivity index (χ1n) is 6.17. The van der Waals surface area contributed by atoms with Crippen molar-refractivity contribution in [3.05, 3.63) is 46.5 Å². The van der Waals surface area contributed by atoms with Gasteiger partial charge in [0.15, 0.2) is 0 Å². The topological polar surface area (TPSA) is 56.7 Å². The summed E-state index contributed by atoms with van der Waals surface area (Å²) in [5, 5.41) is 9.24. The standard InChI is InChI=1S/C13H15ClN4/c14-10-6-4-9(5-7-10)8-13-17-16-12-3-1-2-11(15)18(12)13/h4-7,11H,1-3,8,15H2. The summed E-state index contributed by atoms with van der Waals surface area (Å²) in [6, 6.07) is 7.81. The van der Waals surface area contributed by atoms with Crippen LogP contribution >= 0.6 is 11.6 Å². The van der Waals surface area contributed by atoms with Gasteiger partial charge in [0.2, 0.25) is 0 Å². The van der Waals surface area contributed by atoms with Gasteiger partial charge in [-0.2, -0.15) is 0 Å². The highest BCUT2D eigenvalue weighted by molar-refractivity contribution is 6.30. The maximum Gasteiger partial charge on any atom is 0.138 e. The molecule has 0 amide bonds. The minimum Gasteiger partial charge on any atom is -0.311 e. The highest BCUT2D eigenvalue weighted by Gasteiger charge is 2.21. The van der Waals surface area contributed by atoms with Crippen LogP contribution in [0.2, 0.25) is 5.02 Å². The Morgan fingerprint density at radius 1 is 1.28 bits per heavy atom. The van der Waals surface area contributed by atoms with Crippen LogP contribution in [0, 0.1) is 0 Å². The minimum atomic E-state index is 0.0195. The molecule has 1 aromatic heterocycles. The van der Waals surface area contributed by atoms with Gasteiger partial charge in [-0.05, 0) is 30.5 Å². The SMILES string of the molecule is NC1CCCc2nnc(Cc3ccc(Cl)cc3)n21. The fourth-order valence-corrected chi connectivity index (χ4v) is 2.54. The van der Waals surface area contributed by atoms with Gasteiger partial charge in [-0.1, -0.05) is 23.7 Å². The number of nitrogens with two attached hydrogens (primary N) is 1. The Bertz CT molecular complexity index is 547. The van der Waals surface area contributed by atoms with Crippen LogP contribution in [0.1, 0.15) is 36.2 Å². The lowest BCUT2D eigenvalue weighted by atomic mass is 10.1. The Morgan fingerprint density at radius 3 is 2.83 bits per heavy atom. The van der Waals surface area contributed by atoms with Crippen molar-refractivity contribution in [2.24, 2.45) is 5.73 Å². The zero-order valence-electron chi connectivity index (χ0n) is 10.0. The van der Waals surface area contributed by atoms with Gasteiger partial charge in [0.1, 0.15) is 11.6 Å². The molecule has 1 aliphatic heterocycles. The fourth-order valence-electron chi connectivity index (χ4n) is 2.42. The minimum absolute atomic E-state index is 0.0195. The Balaban J connectivity index is 1.89. The van der Waals surface area contributed by atoms with Gasteiger partial charge in [-0.3, -0.25) is 4.57 Å². The molecule has 5 heteroatoms. The van der Waals surface area contributed by atoms with E-state index in [0.717, 1.165) is 42.4 Å². The van der Waals surface area contributed by atoms with Crippen LogP contribution in [0.25, 0.3) is 0 Å². The van der Waals surface area contributed by atoms with E-state index in [1.165, 1.54) is 5.56 Å². The summed E-state index contributed by atoms with van der Waals surface area (Å²) in [6.07, 6.45) is 3.84. The smallest absolute Gasteiger partial charge is 0.138 e. The number of hydrogen-bond donors (Lipinski definition) is 1. The second kappa shape index (κ2) is 4.71. The van der Waals surface area contributed by atoms with Gasteiger partial charge in [-0.25, -0.2) is 0 Å². The maximum absolute atomic E-state index is 6.13. The highest BCUT2D eigenvalue weighted by atomic mass is 35.5. The Morgan fingerprint density at radius 2 is 2.06 bits per heavy atom. The van der Waals surface area contributed by atoms with E-state index < -0.39 is 0 Å². The molecule has 0 saturated heterocycles. The number of benzene rings is 1. The molecule has 0 radical (unpaired) electrons. The van der Waals surface area contributed by atoms with Crippen LogP contribution in [0.3, 0.4) is 0 Å². The van der Waals surface area contributed by atoms with Crippen LogP contribution in [-0.4, -0.2) is 14.8 Å². The molecule has 18 heavy (non-hydrogen) atoms. The van der Waals surface area contributed by atoms with Crippen molar-refractivity contribution in [2.45, 2.75) is 31.8 Å². The molecule has 1 aromatic carbocycles. The van der Waals surface area contributed by atoms with E-state index in [-0.39, 0.29) is 6.17 Å². The maximum atomic E-state index is 6.13. The van der Waals surface area contributed by atoms with Crippen molar-refractivity contribution < 1.29 is 0 Å². The molecule has 0 saturated carbocycles. The molecule has 2 aromatic rings. The van der Waals surface area contributed by atoms with Crippen molar-refractivity contribution in [1.82, 2.24) is 14.8 Å². The average molecular weight is 263 g/mol. The van der Waals surface area contributed by atoms with Gasteiger partial charge in [0.25, 0.3) is 0 Å². The largest absolute Gasteiger partial charge is 0.311 e. The van der Waals surface area contributed by atoms with Crippen molar-refractivity contribution in [3.8, 4) is 0 Å². The van der Waals surface area contributed by atoms with Gasteiger partial charge >= 0.3 is 0 Å². The van der Waals surface area contributed by atoms with Crippen molar-refractivity contribution >= 4 is 11.6 Å². The highest BCUT2D eigenvalue weighted by Crippen LogP contribution is 2.22. The molecule has 94 valence electrons. The van der Waals surface area contributed by atoms with Crippen LogP contribution in [0.15, 0.2) is 24.3 Å². The first-order valence-corrected chi connectivity index (χ1v) is 6.54. The number of hydrogen-bond acceptors (Lipinski definition) is 3. The third-order valence-electron chi connectivity index (χ3n) is 3.34. The van der Waals surface area contributed by atoms with E-state index in [9.17, 15) is 0 Å². The van der Waals surface area contributed by atoms with Gasteiger partial charge in [0.05, 0.1) is 6.17 Å². The molecule has 1 unspecified atom stereocenters. The van der Waals surface area contributed by atoms with E-state index in [1.807, 2.05) is 24.3 Å². The van der Waals surface area contributed by atoms with Gasteiger partial charge < -0.3 is 5.73 Å². The molecule has 0 fully saturated rings. The van der Waals surface area contributed by atoms with Gasteiger partial charge in [0, 0.05) is 17.9 Å². The molecular formula is C13H15ClN4. The lowest BCUT2D eigenvalue weighted by Crippen LogP contribution is -2.26. The predicted octanol–water partition coefficient (Wildman–Crippen LogP) is 2.32. The molecule has 0 aliphatic carbocycles. The number of nitrogens with zero attached hydrogens (tertiary/aromatic N) is 3. The van der Waals surface area contributed by atoms with E-state index in [1.54, 1.807) is 0 Å². The first kappa shape index (κ1) is 11.7. The third kappa shape index (κ3) is 2.13. The number of halogens is 1. The second-order valence-corrected chi connectivity index (χ2v) is 5.10. The Kier molecular flexibility index (Phi) is 3.06. The monoisotopic (exact) mass is 262 g/mol. The van der Waals surface area contributed by atoms with Crippen LogP contribution < -0.4 is 5.73 Å². The summed E-state index contributed by atoms with van der Waals surface area (Å²) >= 11 is 5.88. The van der Waals surface area contributed by atoms with Crippen LogP contribution in [0.5, 0.6) is 0 Å². The molecule has 0 bridgehead atoms. The Labute approximate surface area is 111 Å². The van der Waals surface area contributed by atoms with Crippen LogP contribution in [0.4, 0.5) is 0 Å². The van der Waals surface area contributed by atoms with E-state index in [2.05, 4.69) is 14.8 Å². The summed E-state index contributed by atoms with van der Waals surface area (Å²) in [5.41, 5.74) is 7.30. The molecule has 2 N–H and O–H groups in total. The third-order valence-corrected chi connectivity index (χ3v) is 3.60. The quantitative estimate of drug-likeness (QED) is 0.904. The van der Waals surface area contributed by atoms with E-state index >= 15 is 0 Å². The summed E-state index contributed by atoms with van der Waals surface area (Å²) in [6.45, 7) is 0. The van der Waals surface area contributed by atoms with E-state index in [0.29, 0.717) is 0 Å². The number of rotatable bonds is 2. The van der Waals surface area contributed by atoms with Crippen molar-refractivity contribution in [3.63, 3.8) is 0 Å². The zero-order chi connectivity index (χ0) is 12.5. The fraction of sp³-hybridized carbons (Fsp3) is 0.385. The molecule has 4 nitrogen and oxygen atoms in total. The predicted molar refractivity (Wildman–Crippen MR) is 70.4 cm³/mol. The second-order valence-electron chi connectivity index (χ2n) is 4.67. The summed E-state index contributed by atoms with van der Waals surface area (Å²) < 4.78 is 2.08. The van der Waals surface area contributed by atoms with Crippen LogP contribution in [-0.2, 0) is 12.8 Å². The average Bonchev–Trinajstić information content (AvgIpc) is 2.77.